The van der Waals surface area contributed by atoms with Crippen molar-refractivity contribution < 1.29 is 4.74 Å². The highest BCUT2D eigenvalue weighted by atomic mass is 79.9. The van der Waals surface area contributed by atoms with Crippen molar-refractivity contribution >= 4 is 26.8 Å². The van der Waals surface area contributed by atoms with Crippen LogP contribution in [-0.2, 0) is 11.3 Å². The average Bonchev–Trinajstić information content (AvgIpc) is 2.89. The van der Waals surface area contributed by atoms with Crippen LogP contribution in [0.25, 0.3) is 10.9 Å². The second-order valence-electron chi connectivity index (χ2n) is 6.72. The first kappa shape index (κ1) is 16.4. The molecule has 1 fully saturated rings. The predicted octanol–water partition coefficient (Wildman–Crippen LogP) is 5.50. The Hall–Kier alpha value is -2.09. The number of aromatic nitrogens is 1. The Bertz CT molecular complexity index is 949. The van der Waals surface area contributed by atoms with Gasteiger partial charge >= 0.3 is 0 Å². The molecule has 2 aromatic carbocycles. The normalized spacial score (nSPS) is 19.6. The monoisotopic (exact) mass is 394 g/mol. The lowest BCUT2D eigenvalue weighted by Gasteiger charge is -2.36. The first-order valence-corrected chi connectivity index (χ1v) is 9.31. The number of nitrogens with zero attached hydrogens (tertiary/aromatic N) is 2. The lowest BCUT2D eigenvalue weighted by molar-refractivity contribution is -0.0347. The number of benzene rings is 2. The minimum absolute atomic E-state index is 0.320. The van der Waals surface area contributed by atoms with Gasteiger partial charge in [0, 0.05) is 27.6 Å². The van der Waals surface area contributed by atoms with E-state index in [1.165, 1.54) is 11.1 Å². The van der Waals surface area contributed by atoms with E-state index in [-0.39, 0.29) is 0 Å². The van der Waals surface area contributed by atoms with Crippen LogP contribution in [0.1, 0.15) is 35.6 Å². The molecule has 0 bridgehead atoms. The number of hydrogen-bond acceptors (Lipinski definition) is 2. The van der Waals surface area contributed by atoms with Gasteiger partial charge < -0.3 is 9.30 Å². The highest BCUT2D eigenvalue weighted by Crippen LogP contribution is 2.40. The molecule has 3 nitrogen and oxygen atoms in total. The van der Waals surface area contributed by atoms with Gasteiger partial charge in [-0.15, -0.1) is 0 Å². The molecule has 0 N–H and O–H groups in total. The third-order valence-corrected chi connectivity index (χ3v) is 5.67. The van der Waals surface area contributed by atoms with Crippen molar-refractivity contribution in [2.24, 2.45) is 0 Å². The van der Waals surface area contributed by atoms with E-state index in [1.807, 2.05) is 31.2 Å². The lowest BCUT2D eigenvalue weighted by atomic mass is 9.88. The largest absolute Gasteiger partial charge is 0.373 e. The van der Waals surface area contributed by atoms with Crippen LogP contribution in [0.15, 0.2) is 53.1 Å². The van der Waals surface area contributed by atoms with Gasteiger partial charge in [0.15, 0.2) is 0 Å². The molecule has 3 aromatic rings. The highest BCUT2D eigenvalue weighted by molar-refractivity contribution is 9.10. The molecule has 0 saturated heterocycles. The van der Waals surface area contributed by atoms with Crippen molar-refractivity contribution in [3.8, 4) is 6.07 Å². The molecular weight excluding hydrogens is 376 g/mol. The minimum atomic E-state index is 0.320. The molecule has 1 aromatic heterocycles. The maximum atomic E-state index is 9.24. The second kappa shape index (κ2) is 6.67. The third-order valence-electron chi connectivity index (χ3n) is 5.04. The van der Waals surface area contributed by atoms with E-state index >= 15 is 0 Å². The Morgan fingerprint density at radius 1 is 1.24 bits per heavy atom. The second-order valence-corrected chi connectivity index (χ2v) is 7.58. The minimum Gasteiger partial charge on any atom is -0.373 e. The Labute approximate surface area is 156 Å². The predicted molar refractivity (Wildman–Crippen MR) is 102 cm³/mol. The van der Waals surface area contributed by atoms with E-state index in [2.05, 4.69) is 51.0 Å². The highest BCUT2D eigenvalue weighted by Gasteiger charge is 2.32. The van der Waals surface area contributed by atoms with Gasteiger partial charge in [0.05, 0.1) is 24.3 Å². The van der Waals surface area contributed by atoms with Crippen molar-refractivity contribution in [3.05, 3.63) is 69.8 Å². The summed E-state index contributed by atoms with van der Waals surface area (Å²) in [6.45, 7) is 2.68. The van der Waals surface area contributed by atoms with Crippen LogP contribution < -0.4 is 0 Å². The van der Waals surface area contributed by atoms with Crippen molar-refractivity contribution in [3.63, 3.8) is 0 Å². The Balaban J connectivity index is 1.47. The van der Waals surface area contributed by atoms with Crippen molar-refractivity contribution in [2.75, 3.05) is 0 Å². The van der Waals surface area contributed by atoms with Crippen LogP contribution in [0, 0.1) is 18.3 Å². The van der Waals surface area contributed by atoms with Gasteiger partial charge in [-0.25, -0.2) is 0 Å². The average molecular weight is 395 g/mol. The van der Waals surface area contributed by atoms with E-state index in [0.29, 0.717) is 18.8 Å². The summed E-state index contributed by atoms with van der Waals surface area (Å²) in [5.74, 6) is 0. The molecular formula is C21H19BrN2O. The number of ether oxygens (including phenoxy) is 1. The Morgan fingerprint density at radius 3 is 2.72 bits per heavy atom. The van der Waals surface area contributed by atoms with Crippen molar-refractivity contribution in [2.45, 2.75) is 38.5 Å². The number of aryl methyl sites for hydroxylation is 1. The molecule has 0 unspecified atom stereocenters. The van der Waals surface area contributed by atoms with Gasteiger partial charge in [-0.2, -0.15) is 5.26 Å². The zero-order chi connectivity index (χ0) is 17.4. The van der Waals surface area contributed by atoms with Gasteiger partial charge in [-0.05, 0) is 59.0 Å². The fourth-order valence-corrected chi connectivity index (χ4v) is 4.01. The van der Waals surface area contributed by atoms with E-state index in [1.54, 1.807) is 0 Å². The molecule has 1 saturated carbocycles. The molecule has 4 rings (SSSR count). The molecule has 126 valence electrons. The maximum Gasteiger partial charge on any atom is 0.0994 e. The summed E-state index contributed by atoms with van der Waals surface area (Å²) in [7, 11) is 0. The first-order chi connectivity index (χ1) is 12.2. The van der Waals surface area contributed by atoms with E-state index in [0.717, 1.165) is 33.8 Å². The fraction of sp³-hybridized carbons (Fsp3) is 0.286. The zero-order valence-electron chi connectivity index (χ0n) is 14.1. The summed E-state index contributed by atoms with van der Waals surface area (Å²) in [5.41, 5.74) is 4.18. The zero-order valence-corrected chi connectivity index (χ0v) is 15.7. The Kier molecular flexibility index (Phi) is 4.37. The number of halogens is 1. The van der Waals surface area contributed by atoms with Crippen LogP contribution in [-0.4, -0.2) is 10.7 Å². The van der Waals surface area contributed by atoms with Crippen LogP contribution in [0.3, 0.4) is 0 Å². The van der Waals surface area contributed by atoms with Gasteiger partial charge in [-0.3, -0.25) is 0 Å². The maximum absolute atomic E-state index is 9.24. The lowest BCUT2D eigenvalue weighted by Crippen LogP contribution is -2.32. The van der Waals surface area contributed by atoms with Gasteiger partial charge in [-0.1, -0.05) is 30.3 Å². The van der Waals surface area contributed by atoms with Crippen LogP contribution in [0.4, 0.5) is 0 Å². The number of hydrogen-bond donors (Lipinski definition) is 0. The van der Waals surface area contributed by atoms with Crippen LogP contribution in [0.5, 0.6) is 0 Å². The first-order valence-electron chi connectivity index (χ1n) is 8.52. The summed E-state index contributed by atoms with van der Waals surface area (Å²) < 4.78 is 9.40. The van der Waals surface area contributed by atoms with Crippen molar-refractivity contribution in [1.29, 1.82) is 5.26 Å². The molecule has 0 aliphatic heterocycles. The van der Waals surface area contributed by atoms with E-state index in [4.69, 9.17) is 4.74 Å². The SMILES string of the molecule is Cc1cc2c(cc1C#N)c(Br)cn2[C@H]1C[C@@H](OCc2ccccc2)C1. The van der Waals surface area contributed by atoms with Gasteiger partial charge in [0.2, 0.25) is 0 Å². The molecule has 0 amide bonds. The summed E-state index contributed by atoms with van der Waals surface area (Å²) >= 11 is 3.64. The van der Waals surface area contributed by atoms with E-state index in [9.17, 15) is 5.26 Å². The van der Waals surface area contributed by atoms with E-state index < -0.39 is 0 Å². The molecule has 1 heterocycles. The Morgan fingerprint density at radius 2 is 2.00 bits per heavy atom. The molecule has 1 aliphatic rings. The van der Waals surface area contributed by atoms with Crippen molar-refractivity contribution in [1.82, 2.24) is 4.57 Å². The topological polar surface area (TPSA) is 38.0 Å². The smallest absolute Gasteiger partial charge is 0.0994 e. The van der Waals surface area contributed by atoms with Crippen LogP contribution in [0.2, 0.25) is 0 Å². The van der Waals surface area contributed by atoms with Gasteiger partial charge in [0.25, 0.3) is 0 Å². The molecule has 0 spiro atoms. The molecule has 25 heavy (non-hydrogen) atoms. The number of fused-ring (bicyclic) bond motifs is 1. The quantitative estimate of drug-likeness (QED) is 0.585. The molecule has 0 atom stereocenters. The fourth-order valence-electron chi connectivity index (χ4n) is 3.47. The summed E-state index contributed by atoms with van der Waals surface area (Å²) in [6.07, 6.45) is 4.52. The van der Waals surface area contributed by atoms with Gasteiger partial charge in [0.1, 0.15) is 0 Å². The molecule has 0 radical (unpaired) electrons. The molecule has 1 aliphatic carbocycles. The number of rotatable bonds is 4. The number of nitriles is 1. The summed E-state index contributed by atoms with van der Waals surface area (Å²) in [4.78, 5) is 0. The third kappa shape index (κ3) is 3.10. The van der Waals surface area contributed by atoms with Crippen LogP contribution >= 0.6 is 15.9 Å². The summed E-state index contributed by atoms with van der Waals surface area (Å²) in [6, 6.07) is 17.1. The summed E-state index contributed by atoms with van der Waals surface area (Å²) in [5, 5.41) is 10.3. The molecule has 4 heteroatoms. The standard InChI is InChI=1S/C21H19BrN2O/c1-14-7-21-19(8-16(14)11-23)20(22)12-24(21)17-9-18(10-17)25-13-15-5-3-2-4-6-15/h2-8,12,17-18H,9-10,13H2,1H3/t17-,18+.